The van der Waals surface area contributed by atoms with Gasteiger partial charge < -0.3 is 14.8 Å². The average molecular weight is 441 g/mol. The van der Waals surface area contributed by atoms with Gasteiger partial charge in [-0.2, -0.15) is 0 Å². The molecule has 0 saturated heterocycles. The summed E-state index contributed by atoms with van der Waals surface area (Å²) in [6, 6.07) is 20.0. The number of hydrogen-bond donors (Lipinski definition) is 1. The molecule has 31 heavy (non-hydrogen) atoms. The Morgan fingerprint density at radius 2 is 1.52 bits per heavy atom. The molecule has 3 rings (SSSR count). The number of hydrogen-bond acceptors (Lipinski definition) is 5. The van der Waals surface area contributed by atoms with Crippen LogP contribution in [0.2, 0.25) is 0 Å². The van der Waals surface area contributed by atoms with E-state index in [0.29, 0.717) is 22.7 Å². The van der Waals surface area contributed by atoms with Gasteiger partial charge >= 0.3 is 0 Å². The zero-order valence-electron chi connectivity index (χ0n) is 17.5. The number of methoxy groups -OCH3 is 2. The molecule has 0 aliphatic heterocycles. The van der Waals surface area contributed by atoms with E-state index in [1.165, 1.54) is 37.7 Å². The van der Waals surface area contributed by atoms with Crippen LogP contribution in [0.15, 0.2) is 77.7 Å². The Kier molecular flexibility index (Phi) is 6.81. The van der Waals surface area contributed by atoms with E-state index in [4.69, 9.17) is 9.47 Å². The summed E-state index contributed by atoms with van der Waals surface area (Å²) < 4.78 is 37.9. The molecule has 0 atom stereocenters. The SMILES string of the molecule is COc1cccc(OC)c1CNC(=O)c1cccc(S(=O)(=O)N(C)c2ccccc2)c1. The lowest BCUT2D eigenvalue weighted by atomic mass is 10.1. The summed E-state index contributed by atoms with van der Waals surface area (Å²) in [4.78, 5) is 12.8. The summed E-state index contributed by atoms with van der Waals surface area (Å²) in [7, 11) is 0.733. The standard InChI is InChI=1S/C23H24N2O5S/c1-25(18-10-5-4-6-11-18)31(27,28)19-12-7-9-17(15-19)23(26)24-16-20-21(29-2)13-8-14-22(20)30-3/h4-15H,16H2,1-3H3,(H,24,26). The van der Waals surface area contributed by atoms with Gasteiger partial charge in [0.25, 0.3) is 15.9 Å². The zero-order chi connectivity index (χ0) is 22.4. The van der Waals surface area contributed by atoms with Crippen LogP contribution in [0.5, 0.6) is 11.5 Å². The maximum absolute atomic E-state index is 13.0. The van der Waals surface area contributed by atoms with Gasteiger partial charge in [-0.05, 0) is 42.5 Å². The first kappa shape index (κ1) is 22.2. The summed E-state index contributed by atoms with van der Waals surface area (Å²) in [6.45, 7) is 0.160. The molecule has 0 aromatic heterocycles. The molecule has 0 heterocycles. The number of sulfonamides is 1. The van der Waals surface area contributed by atoms with Gasteiger partial charge in [-0.1, -0.05) is 30.3 Å². The molecule has 0 saturated carbocycles. The van der Waals surface area contributed by atoms with Gasteiger partial charge in [0.05, 0.1) is 36.9 Å². The Morgan fingerprint density at radius 1 is 0.903 bits per heavy atom. The van der Waals surface area contributed by atoms with Crippen molar-refractivity contribution in [3.8, 4) is 11.5 Å². The van der Waals surface area contributed by atoms with Crippen LogP contribution in [-0.4, -0.2) is 35.6 Å². The number of nitrogens with zero attached hydrogens (tertiary/aromatic N) is 1. The van der Waals surface area contributed by atoms with E-state index in [9.17, 15) is 13.2 Å². The van der Waals surface area contributed by atoms with Crippen molar-refractivity contribution >= 4 is 21.6 Å². The highest BCUT2D eigenvalue weighted by Gasteiger charge is 2.22. The molecule has 162 valence electrons. The fourth-order valence-electron chi connectivity index (χ4n) is 3.11. The van der Waals surface area contributed by atoms with Crippen molar-refractivity contribution in [2.75, 3.05) is 25.6 Å². The third-order valence-corrected chi connectivity index (χ3v) is 6.61. The summed E-state index contributed by atoms with van der Waals surface area (Å²) in [5.74, 6) is 0.758. The summed E-state index contributed by atoms with van der Waals surface area (Å²) >= 11 is 0. The summed E-state index contributed by atoms with van der Waals surface area (Å²) in [5.41, 5.74) is 1.45. The predicted octanol–water partition coefficient (Wildman–Crippen LogP) is 3.46. The molecule has 0 aliphatic carbocycles. The van der Waals surface area contributed by atoms with Crippen molar-refractivity contribution < 1.29 is 22.7 Å². The number of benzene rings is 3. The van der Waals surface area contributed by atoms with Gasteiger partial charge in [0.2, 0.25) is 0 Å². The van der Waals surface area contributed by atoms with Crippen molar-refractivity contribution in [2.24, 2.45) is 0 Å². The molecule has 0 aliphatic rings. The molecule has 3 aromatic rings. The third-order valence-electron chi connectivity index (χ3n) is 4.83. The number of anilines is 1. The maximum atomic E-state index is 13.0. The second-order valence-corrected chi connectivity index (χ2v) is 8.63. The van der Waals surface area contributed by atoms with Crippen LogP contribution in [-0.2, 0) is 16.6 Å². The van der Waals surface area contributed by atoms with E-state index in [-0.39, 0.29) is 17.0 Å². The quantitative estimate of drug-likeness (QED) is 0.580. The number of para-hydroxylation sites is 1. The molecule has 1 N–H and O–H groups in total. The molecule has 0 bridgehead atoms. The zero-order valence-corrected chi connectivity index (χ0v) is 18.3. The molecule has 1 amide bonds. The molecule has 0 fully saturated rings. The number of nitrogens with one attached hydrogen (secondary N) is 1. The Balaban J connectivity index is 1.81. The highest BCUT2D eigenvalue weighted by molar-refractivity contribution is 7.92. The molecule has 0 unspecified atom stereocenters. The van der Waals surface area contributed by atoms with Gasteiger partial charge in [-0.25, -0.2) is 8.42 Å². The van der Waals surface area contributed by atoms with E-state index >= 15 is 0 Å². The Morgan fingerprint density at radius 3 is 2.13 bits per heavy atom. The van der Waals surface area contributed by atoms with Gasteiger partial charge in [0.1, 0.15) is 11.5 Å². The van der Waals surface area contributed by atoms with Gasteiger partial charge in [-0.15, -0.1) is 0 Å². The van der Waals surface area contributed by atoms with Gasteiger partial charge in [0.15, 0.2) is 0 Å². The van der Waals surface area contributed by atoms with E-state index in [1.54, 1.807) is 54.6 Å². The third kappa shape index (κ3) is 4.80. The lowest BCUT2D eigenvalue weighted by molar-refractivity contribution is 0.0950. The van der Waals surface area contributed by atoms with Crippen LogP contribution < -0.4 is 19.1 Å². The van der Waals surface area contributed by atoms with E-state index in [0.717, 1.165) is 0 Å². The molecular formula is C23H24N2O5S. The van der Waals surface area contributed by atoms with Crippen LogP contribution in [0.3, 0.4) is 0 Å². The fraction of sp³-hybridized carbons (Fsp3) is 0.174. The highest BCUT2D eigenvalue weighted by atomic mass is 32.2. The second-order valence-electron chi connectivity index (χ2n) is 6.66. The minimum Gasteiger partial charge on any atom is -0.496 e. The molecule has 7 nitrogen and oxygen atoms in total. The normalized spacial score (nSPS) is 10.9. The molecule has 3 aromatic carbocycles. The van der Waals surface area contributed by atoms with Gasteiger partial charge in [0, 0.05) is 12.6 Å². The van der Waals surface area contributed by atoms with E-state index in [1.807, 2.05) is 6.07 Å². The van der Waals surface area contributed by atoms with Crippen molar-refractivity contribution in [3.05, 3.63) is 83.9 Å². The number of carbonyl (C=O) groups is 1. The number of rotatable bonds is 8. The van der Waals surface area contributed by atoms with Crippen LogP contribution >= 0.6 is 0 Å². The van der Waals surface area contributed by atoms with Crippen molar-refractivity contribution in [1.82, 2.24) is 5.32 Å². The number of amides is 1. The second kappa shape index (κ2) is 9.53. The highest BCUT2D eigenvalue weighted by Crippen LogP contribution is 2.28. The smallest absolute Gasteiger partial charge is 0.264 e. The Hall–Kier alpha value is -3.52. The largest absolute Gasteiger partial charge is 0.496 e. The van der Waals surface area contributed by atoms with Crippen LogP contribution in [0, 0.1) is 0 Å². The first-order valence-corrected chi connectivity index (χ1v) is 10.9. The first-order chi connectivity index (χ1) is 14.9. The predicted molar refractivity (Wildman–Crippen MR) is 119 cm³/mol. The fourth-order valence-corrected chi connectivity index (χ4v) is 4.35. The topological polar surface area (TPSA) is 84.9 Å². The van der Waals surface area contributed by atoms with Gasteiger partial charge in [-0.3, -0.25) is 9.10 Å². The van der Waals surface area contributed by atoms with Crippen molar-refractivity contribution in [3.63, 3.8) is 0 Å². The van der Waals surface area contributed by atoms with Crippen LogP contribution in [0.1, 0.15) is 15.9 Å². The van der Waals surface area contributed by atoms with Crippen LogP contribution in [0.4, 0.5) is 5.69 Å². The summed E-state index contributed by atoms with van der Waals surface area (Å²) in [5, 5.41) is 2.80. The molecule has 0 spiro atoms. The maximum Gasteiger partial charge on any atom is 0.264 e. The Labute approximate surface area is 182 Å². The van der Waals surface area contributed by atoms with E-state index < -0.39 is 15.9 Å². The minimum atomic E-state index is -3.82. The van der Waals surface area contributed by atoms with Crippen molar-refractivity contribution in [1.29, 1.82) is 0 Å². The first-order valence-electron chi connectivity index (χ1n) is 9.50. The number of ether oxygens (including phenoxy) is 2. The number of carbonyl (C=O) groups excluding carboxylic acids is 1. The monoisotopic (exact) mass is 440 g/mol. The lowest BCUT2D eigenvalue weighted by Gasteiger charge is -2.19. The molecular weight excluding hydrogens is 416 g/mol. The Bertz CT molecular complexity index is 1140. The van der Waals surface area contributed by atoms with Crippen molar-refractivity contribution in [2.45, 2.75) is 11.4 Å². The summed E-state index contributed by atoms with van der Waals surface area (Å²) in [6.07, 6.45) is 0. The average Bonchev–Trinajstić information content (AvgIpc) is 2.82. The van der Waals surface area contributed by atoms with E-state index in [2.05, 4.69) is 5.32 Å². The molecule has 0 radical (unpaired) electrons. The molecule has 8 heteroatoms. The lowest BCUT2D eigenvalue weighted by Crippen LogP contribution is -2.27. The van der Waals surface area contributed by atoms with Crippen LogP contribution in [0.25, 0.3) is 0 Å². The minimum absolute atomic E-state index is 0.0291.